The Morgan fingerprint density at radius 3 is 2.60 bits per heavy atom. The molecule has 4 nitrogen and oxygen atoms in total. The molecule has 106 valence electrons. The van der Waals surface area contributed by atoms with E-state index in [9.17, 15) is 14.7 Å². The number of hydrogen-bond acceptors (Lipinski definition) is 3. The molecular formula is C16H19NO3. The number of rotatable bonds is 2. The largest absolute Gasteiger partial charge is 0.506 e. The van der Waals surface area contributed by atoms with E-state index in [0.29, 0.717) is 24.4 Å². The van der Waals surface area contributed by atoms with Crippen LogP contribution in [-0.2, 0) is 9.59 Å². The van der Waals surface area contributed by atoms with Gasteiger partial charge in [-0.15, -0.1) is 0 Å². The van der Waals surface area contributed by atoms with E-state index in [4.69, 9.17) is 0 Å². The minimum Gasteiger partial charge on any atom is -0.506 e. The maximum atomic E-state index is 12.7. The van der Waals surface area contributed by atoms with Crippen LogP contribution in [-0.4, -0.2) is 16.8 Å². The topological polar surface area (TPSA) is 66.4 Å². The van der Waals surface area contributed by atoms with Crippen molar-refractivity contribution in [3.63, 3.8) is 0 Å². The molecule has 2 N–H and O–H groups in total. The number of anilines is 1. The summed E-state index contributed by atoms with van der Waals surface area (Å²) in [5.41, 5.74) is -0.871. The fraction of sp³-hybridized carbons (Fsp3) is 0.500. The van der Waals surface area contributed by atoms with Crippen LogP contribution in [0.3, 0.4) is 0 Å². The number of fused-ring (bicyclic) bond motifs is 2. The molecule has 0 saturated heterocycles. The first-order chi connectivity index (χ1) is 9.39. The molecule has 2 fully saturated rings. The van der Waals surface area contributed by atoms with Crippen molar-refractivity contribution in [2.75, 3.05) is 5.32 Å². The van der Waals surface area contributed by atoms with E-state index >= 15 is 0 Å². The van der Waals surface area contributed by atoms with Gasteiger partial charge in [-0.3, -0.25) is 9.59 Å². The minimum atomic E-state index is -0.931. The van der Waals surface area contributed by atoms with Gasteiger partial charge in [-0.05, 0) is 36.3 Å². The Morgan fingerprint density at radius 2 is 2.05 bits per heavy atom. The highest BCUT2D eigenvalue weighted by molar-refractivity contribution is 6.14. The molecule has 0 radical (unpaired) electrons. The van der Waals surface area contributed by atoms with Gasteiger partial charge in [-0.2, -0.15) is 0 Å². The number of carbonyl (C=O) groups excluding carboxylic acids is 2. The van der Waals surface area contributed by atoms with Crippen molar-refractivity contribution >= 4 is 17.4 Å². The van der Waals surface area contributed by atoms with Crippen molar-refractivity contribution < 1.29 is 14.7 Å². The standard InChI is InChI=1S/C16H19NO3/c1-15(2)10-7-8-16(15,13(19)9-10)14(20)17-11-5-3-4-6-12(11)18/h3-6,10,18H,7-9H2,1-2H3,(H,17,20)/t10-,16-/m0/s1. The fourth-order valence-electron chi connectivity index (χ4n) is 4.02. The van der Waals surface area contributed by atoms with Crippen LogP contribution in [0.1, 0.15) is 33.1 Å². The van der Waals surface area contributed by atoms with E-state index in [1.54, 1.807) is 18.2 Å². The quantitative estimate of drug-likeness (QED) is 0.643. The maximum absolute atomic E-state index is 12.7. The lowest BCUT2D eigenvalue weighted by atomic mass is 9.68. The van der Waals surface area contributed by atoms with Crippen LogP contribution < -0.4 is 5.32 Å². The summed E-state index contributed by atoms with van der Waals surface area (Å²) >= 11 is 0. The average molecular weight is 273 g/mol. The van der Waals surface area contributed by atoms with Gasteiger partial charge in [0.25, 0.3) is 0 Å². The van der Waals surface area contributed by atoms with Gasteiger partial charge in [-0.1, -0.05) is 26.0 Å². The number of phenolic OH excluding ortho intramolecular Hbond substituents is 1. The first-order valence-electron chi connectivity index (χ1n) is 7.02. The lowest BCUT2D eigenvalue weighted by Crippen LogP contribution is -2.46. The van der Waals surface area contributed by atoms with Crippen LogP contribution in [0.4, 0.5) is 5.69 Å². The van der Waals surface area contributed by atoms with E-state index in [0.717, 1.165) is 6.42 Å². The van der Waals surface area contributed by atoms with Gasteiger partial charge in [0.2, 0.25) is 5.91 Å². The number of phenols is 1. The second-order valence-corrected chi connectivity index (χ2v) is 6.46. The zero-order valence-corrected chi connectivity index (χ0v) is 11.8. The summed E-state index contributed by atoms with van der Waals surface area (Å²) in [4.78, 5) is 25.1. The molecule has 0 heterocycles. The Balaban J connectivity index is 1.94. The molecule has 1 amide bonds. The Bertz CT molecular complexity index is 593. The molecule has 0 unspecified atom stereocenters. The highest BCUT2D eigenvalue weighted by Crippen LogP contribution is 2.64. The van der Waals surface area contributed by atoms with Crippen LogP contribution in [0.2, 0.25) is 0 Å². The third-order valence-electron chi connectivity index (χ3n) is 5.44. The lowest BCUT2D eigenvalue weighted by molar-refractivity contribution is -0.141. The molecule has 0 aliphatic heterocycles. The fourth-order valence-corrected chi connectivity index (χ4v) is 4.02. The third kappa shape index (κ3) is 1.48. The number of amides is 1. The highest BCUT2D eigenvalue weighted by Gasteiger charge is 2.68. The Kier molecular flexibility index (Phi) is 2.68. The molecule has 2 aliphatic carbocycles. The van der Waals surface area contributed by atoms with Crippen molar-refractivity contribution in [3.05, 3.63) is 24.3 Å². The average Bonchev–Trinajstić information content (AvgIpc) is 2.76. The van der Waals surface area contributed by atoms with Gasteiger partial charge < -0.3 is 10.4 Å². The van der Waals surface area contributed by atoms with Gasteiger partial charge >= 0.3 is 0 Å². The van der Waals surface area contributed by atoms with E-state index in [1.165, 1.54) is 6.07 Å². The molecule has 2 bridgehead atoms. The molecule has 1 aromatic rings. The molecule has 4 heteroatoms. The third-order valence-corrected chi connectivity index (χ3v) is 5.44. The van der Waals surface area contributed by atoms with E-state index < -0.39 is 5.41 Å². The summed E-state index contributed by atoms with van der Waals surface area (Å²) in [6.45, 7) is 4.03. The van der Waals surface area contributed by atoms with Crippen molar-refractivity contribution in [1.82, 2.24) is 0 Å². The van der Waals surface area contributed by atoms with Gasteiger partial charge in [0.05, 0.1) is 5.69 Å². The number of aromatic hydroxyl groups is 1. The second kappa shape index (κ2) is 4.08. The summed E-state index contributed by atoms with van der Waals surface area (Å²) < 4.78 is 0. The number of hydrogen-bond donors (Lipinski definition) is 2. The Labute approximate surface area is 118 Å². The van der Waals surface area contributed by atoms with Crippen LogP contribution in [0, 0.1) is 16.7 Å². The molecule has 1 aromatic carbocycles. The van der Waals surface area contributed by atoms with E-state index in [2.05, 4.69) is 5.32 Å². The number of Topliss-reactive ketones (excluding diaryl/α,β-unsaturated/α-hetero) is 1. The first-order valence-corrected chi connectivity index (χ1v) is 7.02. The number of ketones is 1. The van der Waals surface area contributed by atoms with Crippen molar-refractivity contribution in [1.29, 1.82) is 0 Å². The minimum absolute atomic E-state index is 0.0232. The van der Waals surface area contributed by atoms with Crippen LogP contribution in [0.15, 0.2) is 24.3 Å². The second-order valence-electron chi connectivity index (χ2n) is 6.46. The summed E-state index contributed by atoms with van der Waals surface area (Å²) in [7, 11) is 0. The monoisotopic (exact) mass is 273 g/mol. The number of nitrogens with one attached hydrogen (secondary N) is 1. The highest BCUT2D eigenvalue weighted by atomic mass is 16.3. The molecule has 2 aliphatic rings. The number of para-hydroxylation sites is 2. The van der Waals surface area contributed by atoms with Gasteiger partial charge in [0.1, 0.15) is 16.9 Å². The number of benzene rings is 1. The van der Waals surface area contributed by atoms with Crippen molar-refractivity contribution in [2.24, 2.45) is 16.7 Å². The molecule has 2 saturated carbocycles. The maximum Gasteiger partial charge on any atom is 0.238 e. The van der Waals surface area contributed by atoms with E-state index in [1.807, 2.05) is 13.8 Å². The van der Waals surface area contributed by atoms with Crippen LogP contribution >= 0.6 is 0 Å². The summed E-state index contributed by atoms with van der Waals surface area (Å²) in [6, 6.07) is 6.60. The molecule has 0 aromatic heterocycles. The molecule has 3 rings (SSSR count). The SMILES string of the molecule is CC1(C)[C@H]2CC[C@@]1(C(=O)Nc1ccccc1O)C(=O)C2. The van der Waals surface area contributed by atoms with Gasteiger partial charge in [0.15, 0.2) is 0 Å². The predicted molar refractivity (Wildman–Crippen MR) is 75.3 cm³/mol. The van der Waals surface area contributed by atoms with Gasteiger partial charge in [-0.25, -0.2) is 0 Å². The predicted octanol–water partition coefficient (Wildman–Crippen LogP) is 2.73. The van der Waals surface area contributed by atoms with E-state index in [-0.39, 0.29) is 22.9 Å². The Morgan fingerprint density at radius 1 is 1.35 bits per heavy atom. The van der Waals surface area contributed by atoms with Crippen LogP contribution in [0.25, 0.3) is 0 Å². The normalized spacial score (nSPS) is 30.5. The molecule has 20 heavy (non-hydrogen) atoms. The zero-order valence-electron chi connectivity index (χ0n) is 11.8. The van der Waals surface area contributed by atoms with Crippen LogP contribution in [0.5, 0.6) is 5.75 Å². The molecule has 2 atom stereocenters. The van der Waals surface area contributed by atoms with Crippen molar-refractivity contribution in [2.45, 2.75) is 33.1 Å². The first kappa shape index (κ1) is 13.2. The summed E-state index contributed by atoms with van der Waals surface area (Å²) in [6.07, 6.45) is 2.04. The number of carbonyl (C=O) groups is 2. The lowest BCUT2D eigenvalue weighted by Gasteiger charge is -2.34. The van der Waals surface area contributed by atoms with Gasteiger partial charge in [0, 0.05) is 6.42 Å². The summed E-state index contributed by atoms with van der Waals surface area (Å²) in [5, 5.41) is 12.5. The Hall–Kier alpha value is -1.84. The summed E-state index contributed by atoms with van der Waals surface area (Å²) in [5.74, 6) is 0.0980. The zero-order chi connectivity index (χ0) is 14.5. The molecule has 0 spiro atoms. The smallest absolute Gasteiger partial charge is 0.238 e. The molecular weight excluding hydrogens is 254 g/mol. The van der Waals surface area contributed by atoms with Crippen molar-refractivity contribution in [3.8, 4) is 5.75 Å².